The Morgan fingerprint density at radius 3 is 2.69 bits per heavy atom. The van der Waals surface area contributed by atoms with Crippen LogP contribution in [-0.2, 0) is 4.79 Å². The molecular weight excluding hydrogens is 166 g/mol. The van der Waals surface area contributed by atoms with Crippen molar-refractivity contribution in [2.45, 2.75) is 31.8 Å². The summed E-state index contributed by atoms with van der Waals surface area (Å²) in [5.41, 5.74) is 0. The SMILES string of the molecule is CC1CCN1C1C=CC(C(=O)O)C1. The van der Waals surface area contributed by atoms with E-state index in [1.807, 2.05) is 6.08 Å². The monoisotopic (exact) mass is 181 g/mol. The molecule has 0 aromatic carbocycles. The molecular formula is C10H15NO2. The largest absolute Gasteiger partial charge is 0.481 e. The molecule has 1 fully saturated rings. The second kappa shape index (κ2) is 3.14. The molecule has 0 bridgehead atoms. The average molecular weight is 181 g/mol. The lowest BCUT2D eigenvalue weighted by Gasteiger charge is -2.42. The van der Waals surface area contributed by atoms with Crippen LogP contribution in [0, 0.1) is 5.92 Å². The summed E-state index contributed by atoms with van der Waals surface area (Å²) in [7, 11) is 0. The van der Waals surface area contributed by atoms with E-state index >= 15 is 0 Å². The first-order valence-electron chi connectivity index (χ1n) is 4.85. The molecule has 1 heterocycles. The normalized spacial score (nSPS) is 39.0. The van der Waals surface area contributed by atoms with Crippen molar-refractivity contribution >= 4 is 5.97 Å². The first-order chi connectivity index (χ1) is 6.18. The van der Waals surface area contributed by atoms with Gasteiger partial charge in [0.1, 0.15) is 0 Å². The van der Waals surface area contributed by atoms with Gasteiger partial charge >= 0.3 is 5.97 Å². The zero-order valence-corrected chi connectivity index (χ0v) is 7.81. The van der Waals surface area contributed by atoms with Crippen LogP contribution in [-0.4, -0.2) is 34.6 Å². The van der Waals surface area contributed by atoms with Crippen LogP contribution in [0.1, 0.15) is 19.8 Å². The van der Waals surface area contributed by atoms with Crippen molar-refractivity contribution in [2.75, 3.05) is 6.54 Å². The van der Waals surface area contributed by atoms with Crippen molar-refractivity contribution in [3.8, 4) is 0 Å². The van der Waals surface area contributed by atoms with E-state index in [9.17, 15) is 4.79 Å². The maximum atomic E-state index is 10.7. The van der Waals surface area contributed by atoms with Crippen LogP contribution in [0.5, 0.6) is 0 Å². The van der Waals surface area contributed by atoms with Gasteiger partial charge in [0.2, 0.25) is 0 Å². The number of rotatable bonds is 2. The molecule has 2 rings (SSSR count). The number of hydrogen-bond donors (Lipinski definition) is 1. The van der Waals surface area contributed by atoms with Gasteiger partial charge in [-0.2, -0.15) is 0 Å². The predicted molar refractivity (Wildman–Crippen MR) is 49.5 cm³/mol. The van der Waals surface area contributed by atoms with Gasteiger partial charge in [-0.15, -0.1) is 0 Å². The lowest BCUT2D eigenvalue weighted by Crippen LogP contribution is -2.50. The molecule has 0 aromatic heterocycles. The molecule has 0 amide bonds. The van der Waals surface area contributed by atoms with Gasteiger partial charge in [0.05, 0.1) is 5.92 Å². The lowest BCUT2D eigenvalue weighted by atomic mass is 9.99. The Balaban J connectivity index is 1.92. The standard InChI is InChI=1S/C10H15NO2/c1-7-4-5-11(7)9-3-2-8(6-9)10(12)13/h2-3,7-9H,4-6H2,1H3,(H,12,13). The maximum absolute atomic E-state index is 10.7. The smallest absolute Gasteiger partial charge is 0.310 e. The van der Waals surface area contributed by atoms with Crippen LogP contribution in [0.4, 0.5) is 0 Å². The van der Waals surface area contributed by atoms with Crippen molar-refractivity contribution in [1.29, 1.82) is 0 Å². The highest BCUT2D eigenvalue weighted by Crippen LogP contribution is 2.29. The molecule has 72 valence electrons. The molecule has 1 N–H and O–H groups in total. The van der Waals surface area contributed by atoms with Gasteiger partial charge in [0, 0.05) is 18.6 Å². The first-order valence-corrected chi connectivity index (χ1v) is 4.85. The fourth-order valence-corrected chi connectivity index (χ4v) is 2.14. The summed E-state index contributed by atoms with van der Waals surface area (Å²) in [5.74, 6) is -0.940. The number of carboxylic acid groups (broad SMARTS) is 1. The summed E-state index contributed by atoms with van der Waals surface area (Å²) in [5, 5.41) is 8.80. The third-order valence-electron chi connectivity index (χ3n) is 3.18. The second-order valence-electron chi connectivity index (χ2n) is 4.01. The molecule has 1 aliphatic heterocycles. The zero-order chi connectivity index (χ0) is 9.42. The van der Waals surface area contributed by atoms with E-state index in [1.54, 1.807) is 0 Å². The number of nitrogens with zero attached hydrogens (tertiary/aromatic N) is 1. The van der Waals surface area contributed by atoms with E-state index < -0.39 is 5.97 Å². The zero-order valence-electron chi connectivity index (χ0n) is 7.81. The van der Waals surface area contributed by atoms with E-state index in [1.165, 1.54) is 6.42 Å². The molecule has 0 aromatic rings. The summed E-state index contributed by atoms with van der Waals surface area (Å²) >= 11 is 0. The predicted octanol–water partition coefficient (Wildman–Crippen LogP) is 1.11. The minimum Gasteiger partial charge on any atom is -0.481 e. The Bertz CT molecular complexity index is 249. The molecule has 1 saturated heterocycles. The van der Waals surface area contributed by atoms with Crippen molar-refractivity contribution < 1.29 is 9.90 Å². The molecule has 1 aliphatic carbocycles. The number of aliphatic carboxylic acids is 1. The van der Waals surface area contributed by atoms with E-state index in [0.29, 0.717) is 12.1 Å². The quantitative estimate of drug-likeness (QED) is 0.649. The Kier molecular flexibility index (Phi) is 2.12. The second-order valence-corrected chi connectivity index (χ2v) is 4.01. The van der Waals surface area contributed by atoms with E-state index in [0.717, 1.165) is 13.0 Å². The van der Waals surface area contributed by atoms with Gasteiger partial charge in [0.15, 0.2) is 0 Å². The fraction of sp³-hybridized carbons (Fsp3) is 0.700. The molecule has 3 atom stereocenters. The lowest BCUT2D eigenvalue weighted by molar-refractivity contribution is -0.140. The number of carboxylic acids is 1. The maximum Gasteiger partial charge on any atom is 0.310 e. The van der Waals surface area contributed by atoms with Crippen molar-refractivity contribution in [3.05, 3.63) is 12.2 Å². The topological polar surface area (TPSA) is 40.5 Å². The molecule has 0 radical (unpaired) electrons. The van der Waals surface area contributed by atoms with Gasteiger partial charge in [-0.3, -0.25) is 9.69 Å². The summed E-state index contributed by atoms with van der Waals surface area (Å²) in [6.07, 6.45) is 5.90. The summed E-state index contributed by atoms with van der Waals surface area (Å²) in [6.45, 7) is 3.33. The Morgan fingerprint density at radius 2 is 2.31 bits per heavy atom. The van der Waals surface area contributed by atoms with E-state index in [4.69, 9.17) is 5.11 Å². The van der Waals surface area contributed by atoms with Crippen LogP contribution < -0.4 is 0 Å². The van der Waals surface area contributed by atoms with E-state index in [2.05, 4.69) is 17.9 Å². The highest BCUT2D eigenvalue weighted by Gasteiger charge is 2.34. The Hall–Kier alpha value is -0.830. The molecule has 0 saturated carbocycles. The molecule has 0 spiro atoms. The van der Waals surface area contributed by atoms with E-state index in [-0.39, 0.29) is 5.92 Å². The highest BCUT2D eigenvalue weighted by molar-refractivity contribution is 5.73. The number of hydrogen-bond acceptors (Lipinski definition) is 2. The Labute approximate surface area is 78.0 Å². The van der Waals surface area contributed by atoms with Crippen molar-refractivity contribution in [1.82, 2.24) is 4.90 Å². The highest BCUT2D eigenvalue weighted by atomic mass is 16.4. The summed E-state index contributed by atoms with van der Waals surface area (Å²) in [6, 6.07) is 1.02. The molecule has 3 nitrogen and oxygen atoms in total. The van der Waals surface area contributed by atoms with Gasteiger partial charge in [0.25, 0.3) is 0 Å². The van der Waals surface area contributed by atoms with Gasteiger partial charge in [-0.1, -0.05) is 12.2 Å². The number of carbonyl (C=O) groups is 1. The van der Waals surface area contributed by atoms with Gasteiger partial charge in [-0.05, 0) is 19.8 Å². The fourth-order valence-electron chi connectivity index (χ4n) is 2.14. The number of likely N-dealkylation sites (tertiary alicyclic amines) is 1. The van der Waals surface area contributed by atoms with Crippen LogP contribution in [0.3, 0.4) is 0 Å². The van der Waals surface area contributed by atoms with Crippen LogP contribution in [0.15, 0.2) is 12.2 Å². The first kappa shape index (κ1) is 8.75. The van der Waals surface area contributed by atoms with Gasteiger partial charge in [-0.25, -0.2) is 0 Å². The molecule has 3 heteroatoms. The van der Waals surface area contributed by atoms with Crippen molar-refractivity contribution in [2.24, 2.45) is 5.92 Å². The third kappa shape index (κ3) is 1.48. The van der Waals surface area contributed by atoms with Crippen LogP contribution in [0.25, 0.3) is 0 Å². The average Bonchev–Trinajstić information content (AvgIpc) is 2.50. The van der Waals surface area contributed by atoms with Crippen molar-refractivity contribution in [3.63, 3.8) is 0 Å². The minimum absolute atomic E-state index is 0.252. The van der Waals surface area contributed by atoms with Crippen LogP contribution >= 0.6 is 0 Å². The molecule has 3 unspecified atom stereocenters. The molecule has 2 aliphatic rings. The molecule has 13 heavy (non-hydrogen) atoms. The van der Waals surface area contributed by atoms with Gasteiger partial charge < -0.3 is 5.11 Å². The summed E-state index contributed by atoms with van der Waals surface area (Å²) in [4.78, 5) is 13.1. The minimum atomic E-state index is -0.688. The van der Waals surface area contributed by atoms with Crippen LogP contribution in [0.2, 0.25) is 0 Å². The third-order valence-corrected chi connectivity index (χ3v) is 3.18. The Morgan fingerprint density at radius 1 is 1.54 bits per heavy atom. The summed E-state index contributed by atoms with van der Waals surface area (Å²) < 4.78 is 0.